The highest BCUT2D eigenvalue weighted by Gasteiger charge is 2.14. The number of para-hydroxylation sites is 1. The molecule has 0 saturated heterocycles. The number of rotatable bonds is 5. The predicted octanol–water partition coefficient (Wildman–Crippen LogP) is 1.44. The van der Waals surface area contributed by atoms with Crippen LogP contribution in [0, 0.1) is 5.82 Å². The van der Waals surface area contributed by atoms with Crippen LogP contribution in [0.2, 0.25) is 0 Å². The molecule has 1 aromatic heterocycles. The van der Waals surface area contributed by atoms with Crippen molar-refractivity contribution in [3.63, 3.8) is 0 Å². The van der Waals surface area contributed by atoms with Crippen LogP contribution in [0.4, 0.5) is 4.39 Å². The Hall–Kier alpha value is -3.68. The van der Waals surface area contributed by atoms with E-state index in [-0.39, 0.29) is 13.0 Å². The maximum atomic E-state index is 13.1. The molecule has 3 N–H and O–H groups in total. The quantitative estimate of drug-likeness (QED) is 0.583. The zero-order chi connectivity index (χ0) is 20.1. The van der Waals surface area contributed by atoms with Gasteiger partial charge in [0.2, 0.25) is 5.91 Å². The van der Waals surface area contributed by atoms with Crippen LogP contribution < -0.4 is 16.2 Å². The van der Waals surface area contributed by atoms with Gasteiger partial charge in [-0.25, -0.2) is 4.39 Å². The Morgan fingerprint density at radius 1 is 1.00 bits per heavy atom. The van der Waals surface area contributed by atoms with Crippen molar-refractivity contribution >= 4 is 28.6 Å². The van der Waals surface area contributed by atoms with Gasteiger partial charge in [-0.3, -0.25) is 25.2 Å². The number of hydrogen-bond donors (Lipinski definition) is 3. The van der Waals surface area contributed by atoms with Gasteiger partial charge in [0.1, 0.15) is 5.82 Å². The molecule has 0 aliphatic heterocycles. The third-order valence-electron chi connectivity index (χ3n) is 4.16. The minimum Gasteiger partial charge on any atom is -0.350 e. The van der Waals surface area contributed by atoms with Gasteiger partial charge >= 0.3 is 0 Å². The molecule has 0 unspecified atom stereocenters. The van der Waals surface area contributed by atoms with Gasteiger partial charge < -0.3 is 9.88 Å². The number of carbonyl (C=O) groups is 3. The molecular weight excluding hydrogens is 363 g/mol. The molecule has 0 atom stereocenters. The van der Waals surface area contributed by atoms with Crippen LogP contribution in [0.5, 0.6) is 0 Å². The maximum Gasteiger partial charge on any atom is 0.271 e. The van der Waals surface area contributed by atoms with Crippen molar-refractivity contribution in [2.24, 2.45) is 7.05 Å². The number of hydrogen-bond acceptors (Lipinski definition) is 3. The number of halogens is 1. The molecule has 7 nitrogen and oxygen atoms in total. The zero-order valence-electron chi connectivity index (χ0n) is 15.2. The van der Waals surface area contributed by atoms with E-state index in [4.69, 9.17) is 0 Å². The van der Waals surface area contributed by atoms with Crippen molar-refractivity contribution in [2.75, 3.05) is 6.54 Å². The van der Waals surface area contributed by atoms with Gasteiger partial charge in [0.25, 0.3) is 11.8 Å². The summed E-state index contributed by atoms with van der Waals surface area (Å²) >= 11 is 0. The molecule has 144 valence electrons. The molecule has 0 aliphatic carbocycles. The van der Waals surface area contributed by atoms with E-state index in [0.29, 0.717) is 11.1 Å². The Labute approximate surface area is 160 Å². The fraction of sp³-hybridized carbons (Fsp3) is 0.150. The number of benzene rings is 2. The first-order valence-electron chi connectivity index (χ1n) is 8.58. The highest BCUT2D eigenvalue weighted by atomic mass is 19.1. The summed E-state index contributed by atoms with van der Waals surface area (Å²) in [6.45, 7) is -0.316. The number of hydrazine groups is 1. The second kappa shape index (κ2) is 8.34. The summed E-state index contributed by atoms with van der Waals surface area (Å²) in [4.78, 5) is 36.0. The number of amides is 3. The molecule has 2 aromatic carbocycles. The van der Waals surface area contributed by atoms with Gasteiger partial charge in [-0.1, -0.05) is 30.3 Å². The summed E-state index contributed by atoms with van der Waals surface area (Å²) in [5.41, 5.74) is 6.41. The summed E-state index contributed by atoms with van der Waals surface area (Å²) in [5, 5.41) is 3.18. The fourth-order valence-electron chi connectivity index (χ4n) is 2.83. The van der Waals surface area contributed by atoms with Gasteiger partial charge in [0, 0.05) is 24.1 Å². The average molecular weight is 382 g/mol. The van der Waals surface area contributed by atoms with Crippen LogP contribution in [-0.4, -0.2) is 28.8 Å². The first-order chi connectivity index (χ1) is 13.4. The van der Waals surface area contributed by atoms with Crippen molar-refractivity contribution in [1.29, 1.82) is 0 Å². The number of fused-ring (bicyclic) bond motifs is 1. The van der Waals surface area contributed by atoms with Crippen LogP contribution >= 0.6 is 0 Å². The van der Waals surface area contributed by atoms with E-state index in [1.165, 1.54) is 18.2 Å². The molecular formula is C20H19FN4O3. The number of aromatic nitrogens is 1. The lowest BCUT2D eigenvalue weighted by Gasteiger charge is -2.08. The lowest BCUT2D eigenvalue weighted by molar-refractivity contribution is -0.126. The summed E-state index contributed by atoms with van der Waals surface area (Å²) in [7, 11) is 1.83. The van der Waals surface area contributed by atoms with Gasteiger partial charge in [-0.15, -0.1) is 0 Å². The molecule has 0 bridgehead atoms. The van der Waals surface area contributed by atoms with Crippen molar-refractivity contribution in [3.8, 4) is 0 Å². The van der Waals surface area contributed by atoms with E-state index in [2.05, 4.69) is 16.2 Å². The second-order valence-electron chi connectivity index (χ2n) is 6.26. The largest absolute Gasteiger partial charge is 0.350 e. The molecule has 0 fully saturated rings. The number of aryl methyl sites for hydroxylation is 1. The second-order valence-corrected chi connectivity index (χ2v) is 6.26. The highest BCUT2D eigenvalue weighted by molar-refractivity contribution is 6.07. The summed E-state index contributed by atoms with van der Waals surface area (Å²) < 4.78 is 14.9. The molecule has 3 rings (SSSR count). The van der Waals surface area contributed by atoms with Gasteiger partial charge in [0.05, 0.1) is 18.5 Å². The number of nitrogens with one attached hydrogen (secondary N) is 3. The minimum absolute atomic E-state index is 0.0482. The summed E-state index contributed by atoms with van der Waals surface area (Å²) in [5.74, 6) is -1.90. The Kier molecular flexibility index (Phi) is 5.69. The SMILES string of the molecule is Cn1cc(C(=O)NNC(=O)CNC(=O)Cc2cccc(F)c2)c2ccccc21. The average Bonchev–Trinajstić information content (AvgIpc) is 3.02. The topological polar surface area (TPSA) is 92.2 Å². The Bertz CT molecular complexity index is 1040. The lowest BCUT2D eigenvalue weighted by atomic mass is 10.1. The van der Waals surface area contributed by atoms with E-state index in [9.17, 15) is 18.8 Å². The number of carbonyl (C=O) groups excluding carboxylic acids is 3. The van der Waals surface area contributed by atoms with Crippen LogP contribution in [0.25, 0.3) is 10.9 Å². The highest BCUT2D eigenvalue weighted by Crippen LogP contribution is 2.19. The fourth-order valence-corrected chi connectivity index (χ4v) is 2.83. The summed E-state index contributed by atoms with van der Waals surface area (Å²) in [6, 6.07) is 13.1. The number of nitrogens with zero attached hydrogens (tertiary/aromatic N) is 1. The molecule has 3 amide bonds. The van der Waals surface area contributed by atoms with Gasteiger partial charge in [-0.2, -0.15) is 0 Å². The molecule has 0 saturated carbocycles. The van der Waals surface area contributed by atoms with Crippen molar-refractivity contribution < 1.29 is 18.8 Å². The molecule has 3 aromatic rings. The monoisotopic (exact) mass is 382 g/mol. The Morgan fingerprint density at radius 3 is 2.57 bits per heavy atom. The lowest BCUT2D eigenvalue weighted by Crippen LogP contribution is -2.46. The van der Waals surface area contributed by atoms with E-state index in [1.54, 1.807) is 12.3 Å². The Balaban J connectivity index is 1.48. The van der Waals surface area contributed by atoms with Crippen LogP contribution in [0.1, 0.15) is 15.9 Å². The third-order valence-corrected chi connectivity index (χ3v) is 4.16. The van der Waals surface area contributed by atoms with Gasteiger partial charge in [0.15, 0.2) is 0 Å². The van der Waals surface area contributed by atoms with Crippen LogP contribution in [0.3, 0.4) is 0 Å². The van der Waals surface area contributed by atoms with Crippen molar-refractivity contribution in [2.45, 2.75) is 6.42 Å². The maximum absolute atomic E-state index is 13.1. The first-order valence-corrected chi connectivity index (χ1v) is 8.58. The normalized spacial score (nSPS) is 10.5. The summed E-state index contributed by atoms with van der Waals surface area (Å²) in [6.07, 6.45) is 1.63. The first kappa shape index (κ1) is 19.1. The smallest absolute Gasteiger partial charge is 0.271 e. The van der Waals surface area contributed by atoms with Crippen molar-refractivity contribution in [1.82, 2.24) is 20.7 Å². The molecule has 0 spiro atoms. The van der Waals surface area contributed by atoms with E-state index < -0.39 is 23.5 Å². The minimum atomic E-state index is -0.582. The van der Waals surface area contributed by atoms with Crippen molar-refractivity contribution in [3.05, 3.63) is 71.7 Å². The van der Waals surface area contributed by atoms with Gasteiger partial charge in [-0.05, 0) is 23.8 Å². The van der Waals surface area contributed by atoms with Crippen LogP contribution in [0.15, 0.2) is 54.7 Å². The molecule has 1 heterocycles. The van der Waals surface area contributed by atoms with E-state index in [0.717, 1.165) is 10.9 Å². The predicted molar refractivity (Wildman–Crippen MR) is 102 cm³/mol. The zero-order valence-corrected chi connectivity index (χ0v) is 15.2. The van der Waals surface area contributed by atoms with E-state index in [1.807, 2.05) is 35.9 Å². The molecule has 28 heavy (non-hydrogen) atoms. The van der Waals surface area contributed by atoms with E-state index >= 15 is 0 Å². The Morgan fingerprint density at radius 2 is 1.79 bits per heavy atom. The standard InChI is InChI=1S/C20H19FN4O3/c1-25-12-16(15-7-2-3-8-17(15)25)20(28)24-23-19(27)11-22-18(26)10-13-5-4-6-14(21)9-13/h2-9,12H,10-11H2,1H3,(H,22,26)(H,23,27)(H,24,28). The molecule has 0 radical (unpaired) electrons. The third kappa shape index (κ3) is 4.53. The van der Waals surface area contributed by atoms with Crippen LogP contribution in [-0.2, 0) is 23.1 Å². The molecule has 0 aliphatic rings. The molecule has 8 heteroatoms.